The summed E-state index contributed by atoms with van der Waals surface area (Å²) in [6.07, 6.45) is 0. The van der Waals surface area contributed by atoms with Gasteiger partial charge in [0.15, 0.2) is 11.6 Å². The molecule has 1 heterocycles. The zero-order valence-electron chi connectivity index (χ0n) is 10.6. The molecule has 0 bridgehead atoms. The summed E-state index contributed by atoms with van der Waals surface area (Å²) in [5.41, 5.74) is 1.01. The van der Waals surface area contributed by atoms with Gasteiger partial charge in [-0.1, -0.05) is 12.1 Å². The molecule has 1 aromatic heterocycles. The average molecular weight is 304 g/mol. The highest BCUT2D eigenvalue weighted by atomic mass is 35.5. The molecule has 0 aliphatic carbocycles. The summed E-state index contributed by atoms with van der Waals surface area (Å²) in [5, 5.41) is 9.19. The van der Waals surface area contributed by atoms with Gasteiger partial charge in [-0.15, -0.1) is 11.6 Å². The second kappa shape index (κ2) is 5.15. The number of alkyl halides is 1. The van der Waals surface area contributed by atoms with Crippen molar-refractivity contribution in [3.63, 3.8) is 0 Å². The summed E-state index contributed by atoms with van der Waals surface area (Å²) in [7, 11) is 0. The summed E-state index contributed by atoms with van der Waals surface area (Å²) < 4.78 is 29.1. The standard InChI is InChI=1S/C15H8ClF2N3/c16-7-13-20-11-6-5-10(17)14(18)15(11)21(13)12-4-2-1-3-9(12)8-19/h1-6H,7H2. The van der Waals surface area contributed by atoms with Gasteiger partial charge in [-0.05, 0) is 24.3 Å². The summed E-state index contributed by atoms with van der Waals surface area (Å²) in [4.78, 5) is 4.20. The van der Waals surface area contributed by atoms with Crippen LogP contribution < -0.4 is 0 Å². The minimum absolute atomic E-state index is 0.00943. The van der Waals surface area contributed by atoms with E-state index in [9.17, 15) is 14.0 Å². The number of nitrogens with zero attached hydrogens (tertiary/aromatic N) is 3. The van der Waals surface area contributed by atoms with E-state index in [2.05, 4.69) is 4.98 Å². The average Bonchev–Trinajstić information content (AvgIpc) is 2.90. The highest BCUT2D eigenvalue weighted by Crippen LogP contribution is 2.27. The largest absolute Gasteiger partial charge is 0.291 e. The number of fused-ring (bicyclic) bond motifs is 1. The van der Waals surface area contributed by atoms with Crippen molar-refractivity contribution in [3.05, 3.63) is 59.4 Å². The molecule has 3 aromatic rings. The molecular formula is C15H8ClF2N3. The number of imidazole rings is 1. The Morgan fingerprint density at radius 2 is 1.95 bits per heavy atom. The van der Waals surface area contributed by atoms with Gasteiger partial charge in [0, 0.05) is 0 Å². The lowest BCUT2D eigenvalue weighted by molar-refractivity contribution is 0.514. The number of halogens is 3. The molecule has 0 atom stereocenters. The molecule has 0 radical (unpaired) electrons. The third kappa shape index (κ3) is 2.05. The minimum Gasteiger partial charge on any atom is -0.291 e. The van der Waals surface area contributed by atoms with Crippen molar-refractivity contribution >= 4 is 22.6 Å². The number of aromatic nitrogens is 2. The summed E-state index contributed by atoms with van der Waals surface area (Å²) >= 11 is 5.86. The van der Waals surface area contributed by atoms with Gasteiger partial charge in [-0.3, -0.25) is 4.57 Å². The fourth-order valence-corrected chi connectivity index (χ4v) is 2.44. The van der Waals surface area contributed by atoms with E-state index in [1.165, 1.54) is 10.6 Å². The van der Waals surface area contributed by atoms with Crippen molar-refractivity contribution in [1.82, 2.24) is 9.55 Å². The van der Waals surface area contributed by atoms with E-state index in [1.54, 1.807) is 24.3 Å². The van der Waals surface area contributed by atoms with Gasteiger partial charge in [0.25, 0.3) is 0 Å². The molecule has 2 aromatic carbocycles. The van der Waals surface area contributed by atoms with Gasteiger partial charge in [-0.2, -0.15) is 5.26 Å². The molecule has 0 saturated carbocycles. The van der Waals surface area contributed by atoms with Crippen LogP contribution in [0.4, 0.5) is 8.78 Å². The van der Waals surface area contributed by atoms with Gasteiger partial charge in [0.05, 0.1) is 22.6 Å². The first-order valence-corrected chi connectivity index (χ1v) is 6.61. The Morgan fingerprint density at radius 3 is 2.67 bits per heavy atom. The predicted molar refractivity (Wildman–Crippen MR) is 75.3 cm³/mol. The van der Waals surface area contributed by atoms with Gasteiger partial charge in [0.1, 0.15) is 17.4 Å². The van der Waals surface area contributed by atoms with Crippen LogP contribution >= 0.6 is 11.6 Å². The number of hydrogen-bond acceptors (Lipinski definition) is 2. The lowest BCUT2D eigenvalue weighted by Crippen LogP contribution is -2.03. The second-order valence-electron chi connectivity index (χ2n) is 4.36. The molecule has 6 heteroatoms. The zero-order valence-corrected chi connectivity index (χ0v) is 11.4. The van der Waals surface area contributed by atoms with Crippen molar-refractivity contribution in [2.24, 2.45) is 0 Å². The molecule has 0 aliphatic rings. The number of para-hydroxylation sites is 1. The van der Waals surface area contributed by atoms with E-state index >= 15 is 0 Å². The summed E-state index contributed by atoms with van der Waals surface area (Å²) in [6.45, 7) is 0. The van der Waals surface area contributed by atoms with Crippen LogP contribution in [0, 0.1) is 23.0 Å². The zero-order chi connectivity index (χ0) is 15.0. The van der Waals surface area contributed by atoms with Gasteiger partial charge < -0.3 is 0 Å². The highest BCUT2D eigenvalue weighted by molar-refractivity contribution is 6.17. The maximum Gasteiger partial charge on any atom is 0.185 e. The molecule has 0 N–H and O–H groups in total. The molecule has 0 amide bonds. The topological polar surface area (TPSA) is 41.6 Å². The lowest BCUT2D eigenvalue weighted by atomic mass is 10.2. The first-order valence-electron chi connectivity index (χ1n) is 6.08. The van der Waals surface area contributed by atoms with Crippen LogP contribution in [0.2, 0.25) is 0 Å². The SMILES string of the molecule is N#Cc1ccccc1-n1c(CCl)nc2ccc(F)c(F)c21. The third-order valence-electron chi connectivity index (χ3n) is 3.16. The smallest absolute Gasteiger partial charge is 0.185 e. The van der Waals surface area contributed by atoms with Crippen LogP contribution in [0.25, 0.3) is 16.7 Å². The Morgan fingerprint density at radius 1 is 1.19 bits per heavy atom. The molecule has 3 rings (SSSR count). The number of benzene rings is 2. The Labute approximate surface area is 124 Å². The van der Waals surface area contributed by atoms with Crippen LogP contribution in [-0.2, 0) is 5.88 Å². The van der Waals surface area contributed by atoms with Crippen LogP contribution in [0.15, 0.2) is 36.4 Å². The summed E-state index contributed by atoms with van der Waals surface area (Å²) in [6, 6.07) is 11.1. The van der Waals surface area contributed by atoms with Crippen LogP contribution in [-0.4, -0.2) is 9.55 Å². The van der Waals surface area contributed by atoms with Crippen molar-refractivity contribution < 1.29 is 8.78 Å². The molecular weight excluding hydrogens is 296 g/mol. The van der Waals surface area contributed by atoms with Crippen molar-refractivity contribution in [3.8, 4) is 11.8 Å². The van der Waals surface area contributed by atoms with Crippen molar-refractivity contribution in [1.29, 1.82) is 5.26 Å². The van der Waals surface area contributed by atoms with Gasteiger partial charge in [-0.25, -0.2) is 13.8 Å². The van der Waals surface area contributed by atoms with E-state index in [4.69, 9.17) is 11.6 Å². The van der Waals surface area contributed by atoms with Crippen molar-refractivity contribution in [2.45, 2.75) is 5.88 Å². The Hall–Kier alpha value is -2.45. The molecule has 0 spiro atoms. The fraction of sp³-hybridized carbons (Fsp3) is 0.0667. The van der Waals surface area contributed by atoms with Crippen molar-refractivity contribution in [2.75, 3.05) is 0 Å². The molecule has 3 nitrogen and oxygen atoms in total. The Balaban J connectivity index is 2.46. The maximum absolute atomic E-state index is 14.2. The van der Waals surface area contributed by atoms with Crippen LogP contribution in [0.3, 0.4) is 0 Å². The van der Waals surface area contributed by atoms with E-state index in [0.717, 1.165) is 6.07 Å². The Kier molecular flexibility index (Phi) is 3.32. The molecule has 0 saturated heterocycles. The second-order valence-corrected chi connectivity index (χ2v) is 4.62. The first-order chi connectivity index (χ1) is 10.2. The first kappa shape index (κ1) is 13.5. The van der Waals surface area contributed by atoms with E-state index in [-0.39, 0.29) is 16.9 Å². The molecule has 0 fully saturated rings. The minimum atomic E-state index is -1.01. The molecule has 0 unspecified atom stereocenters. The Bertz CT molecular complexity index is 880. The lowest BCUT2D eigenvalue weighted by Gasteiger charge is -2.10. The molecule has 104 valence electrons. The number of rotatable bonds is 2. The normalized spacial score (nSPS) is 10.8. The van der Waals surface area contributed by atoms with E-state index in [1.807, 2.05) is 6.07 Å². The monoisotopic (exact) mass is 303 g/mol. The maximum atomic E-state index is 14.2. The highest BCUT2D eigenvalue weighted by Gasteiger charge is 2.19. The molecule has 0 aliphatic heterocycles. The predicted octanol–water partition coefficient (Wildman–Crippen LogP) is 3.91. The van der Waals surface area contributed by atoms with Crippen LogP contribution in [0.5, 0.6) is 0 Å². The summed E-state index contributed by atoms with van der Waals surface area (Å²) in [5.74, 6) is -1.63. The van der Waals surface area contributed by atoms with E-state index < -0.39 is 11.6 Å². The van der Waals surface area contributed by atoms with Gasteiger partial charge in [0.2, 0.25) is 0 Å². The number of hydrogen-bond donors (Lipinski definition) is 0. The quantitative estimate of drug-likeness (QED) is 0.673. The van der Waals surface area contributed by atoms with E-state index in [0.29, 0.717) is 17.1 Å². The van der Waals surface area contributed by atoms with Crippen LogP contribution in [0.1, 0.15) is 11.4 Å². The molecule has 21 heavy (non-hydrogen) atoms. The number of nitriles is 1. The fourth-order valence-electron chi connectivity index (χ4n) is 2.26. The third-order valence-corrected chi connectivity index (χ3v) is 3.40. The van der Waals surface area contributed by atoms with Gasteiger partial charge >= 0.3 is 0 Å².